The lowest BCUT2D eigenvalue weighted by Gasteiger charge is -2.01. The summed E-state index contributed by atoms with van der Waals surface area (Å²) in [5.41, 5.74) is 4.76. The van der Waals surface area contributed by atoms with Gasteiger partial charge in [-0.2, -0.15) is 0 Å². The Bertz CT molecular complexity index is 833. The summed E-state index contributed by atoms with van der Waals surface area (Å²) in [5, 5.41) is 10.1. The maximum atomic E-state index is 11.1. The molecule has 0 amide bonds. The van der Waals surface area contributed by atoms with Gasteiger partial charge in [-0.15, -0.1) is 0 Å². The lowest BCUT2D eigenvalue weighted by molar-refractivity contribution is 0.0697. The van der Waals surface area contributed by atoms with Crippen molar-refractivity contribution in [2.45, 2.75) is 6.54 Å². The molecule has 1 aromatic carbocycles. The third kappa shape index (κ3) is 1.34. The van der Waals surface area contributed by atoms with E-state index in [1.807, 2.05) is 18.3 Å². The van der Waals surface area contributed by atoms with E-state index in [-0.39, 0.29) is 0 Å². The van der Waals surface area contributed by atoms with E-state index < -0.39 is 5.97 Å². The van der Waals surface area contributed by atoms with Crippen LogP contribution in [-0.2, 0) is 6.54 Å². The molecular formula is C15H10N2O2. The Morgan fingerprint density at radius 1 is 1.26 bits per heavy atom. The van der Waals surface area contributed by atoms with Gasteiger partial charge in [-0.25, -0.2) is 4.79 Å². The summed E-state index contributed by atoms with van der Waals surface area (Å²) >= 11 is 0. The molecule has 3 aromatic rings. The first kappa shape index (κ1) is 10.3. The summed E-state index contributed by atoms with van der Waals surface area (Å²) in [5.74, 6) is -0.894. The highest BCUT2D eigenvalue weighted by Gasteiger charge is 2.21. The Balaban J connectivity index is 2.01. The van der Waals surface area contributed by atoms with Gasteiger partial charge in [0.15, 0.2) is 0 Å². The number of aromatic nitrogens is 2. The lowest BCUT2D eigenvalue weighted by Crippen LogP contribution is -1.97. The largest absolute Gasteiger partial charge is 0.478 e. The molecule has 1 aliphatic rings. The molecule has 0 fully saturated rings. The van der Waals surface area contributed by atoms with Gasteiger partial charge in [0.1, 0.15) is 0 Å². The maximum Gasteiger partial charge on any atom is 0.335 e. The van der Waals surface area contributed by atoms with Crippen molar-refractivity contribution in [1.29, 1.82) is 0 Å². The SMILES string of the molecule is O=C(O)c1ccc2cc3n(c2c1)Cc1ccncc1-3. The molecule has 3 heterocycles. The summed E-state index contributed by atoms with van der Waals surface area (Å²) in [6, 6.07) is 9.34. The number of rotatable bonds is 1. The average molecular weight is 250 g/mol. The highest BCUT2D eigenvalue weighted by molar-refractivity contribution is 5.96. The number of fused-ring (bicyclic) bond motifs is 5. The molecule has 0 saturated carbocycles. The van der Waals surface area contributed by atoms with E-state index in [4.69, 9.17) is 5.11 Å². The number of aromatic carboxylic acids is 1. The molecule has 4 nitrogen and oxygen atoms in total. The number of hydrogen-bond acceptors (Lipinski definition) is 2. The van der Waals surface area contributed by atoms with Crippen molar-refractivity contribution >= 4 is 16.9 Å². The van der Waals surface area contributed by atoms with Gasteiger partial charge >= 0.3 is 5.97 Å². The predicted molar refractivity (Wildman–Crippen MR) is 71.2 cm³/mol. The first-order valence-corrected chi connectivity index (χ1v) is 6.04. The van der Waals surface area contributed by atoms with Crippen molar-refractivity contribution in [3.63, 3.8) is 0 Å². The molecule has 0 saturated heterocycles. The monoisotopic (exact) mass is 250 g/mol. The number of carbonyl (C=O) groups is 1. The van der Waals surface area contributed by atoms with E-state index in [2.05, 4.69) is 15.6 Å². The zero-order valence-corrected chi connectivity index (χ0v) is 10.00. The fourth-order valence-electron chi connectivity index (χ4n) is 2.74. The van der Waals surface area contributed by atoms with Gasteiger partial charge in [0.2, 0.25) is 0 Å². The first-order valence-electron chi connectivity index (χ1n) is 6.04. The van der Waals surface area contributed by atoms with Crippen LogP contribution in [0.5, 0.6) is 0 Å². The van der Waals surface area contributed by atoms with Gasteiger partial charge < -0.3 is 9.67 Å². The molecule has 92 valence electrons. The van der Waals surface area contributed by atoms with Crippen LogP contribution in [0.3, 0.4) is 0 Å². The minimum atomic E-state index is -0.894. The van der Waals surface area contributed by atoms with E-state index in [0.29, 0.717) is 5.56 Å². The van der Waals surface area contributed by atoms with Crippen LogP contribution in [0.1, 0.15) is 15.9 Å². The van der Waals surface area contributed by atoms with Crippen LogP contribution in [0, 0.1) is 0 Å². The topological polar surface area (TPSA) is 55.1 Å². The molecule has 0 atom stereocenters. The lowest BCUT2D eigenvalue weighted by atomic mass is 10.1. The van der Waals surface area contributed by atoms with Crippen molar-refractivity contribution in [1.82, 2.24) is 9.55 Å². The Kier molecular flexibility index (Phi) is 1.87. The maximum absolute atomic E-state index is 11.1. The minimum absolute atomic E-state index is 0.322. The molecule has 1 aliphatic heterocycles. The van der Waals surface area contributed by atoms with Crippen LogP contribution >= 0.6 is 0 Å². The van der Waals surface area contributed by atoms with Crippen LogP contribution in [0.15, 0.2) is 42.7 Å². The van der Waals surface area contributed by atoms with Crippen LogP contribution in [0.25, 0.3) is 22.2 Å². The normalized spacial score (nSPS) is 12.4. The van der Waals surface area contributed by atoms with Gasteiger partial charge in [-0.05, 0) is 29.8 Å². The van der Waals surface area contributed by atoms with E-state index >= 15 is 0 Å². The third-order valence-electron chi connectivity index (χ3n) is 3.67. The second-order valence-electron chi connectivity index (χ2n) is 4.73. The highest BCUT2D eigenvalue weighted by Crippen LogP contribution is 2.36. The van der Waals surface area contributed by atoms with Crippen molar-refractivity contribution in [3.05, 3.63) is 53.9 Å². The van der Waals surface area contributed by atoms with E-state index in [9.17, 15) is 4.79 Å². The van der Waals surface area contributed by atoms with Crippen LogP contribution in [0.4, 0.5) is 0 Å². The molecule has 0 radical (unpaired) electrons. The molecule has 2 aromatic heterocycles. The quantitative estimate of drug-likeness (QED) is 0.565. The molecule has 0 unspecified atom stereocenters. The van der Waals surface area contributed by atoms with Gasteiger partial charge in [0, 0.05) is 35.4 Å². The molecule has 0 bridgehead atoms. The molecule has 1 N–H and O–H groups in total. The second-order valence-corrected chi connectivity index (χ2v) is 4.73. The van der Waals surface area contributed by atoms with Crippen molar-refractivity contribution in [2.75, 3.05) is 0 Å². The predicted octanol–water partition coefficient (Wildman–Crippen LogP) is 2.76. The molecule has 4 heteroatoms. The fourth-order valence-corrected chi connectivity index (χ4v) is 2.74. The third-order valence-corrected chi connectivity index (χ3v) is 3.67. The first-order chi connectivity index (χ1) is 9.24. The summed E-state index contributed by atoms with van der Waals surface area (Å²) in [6.45, 7) is 0.778. The van der Waals surface area contributed by atoms with E-state index in [0.717, 1.165) is 28.7 Å². The number of nitrogens with zero attached hydrogens (tertiary/aromatic N) is 2. The molecule has 4 rings (SSSR count). The second kappa shape index (κ2) is 3.45. The van der Waals surface area contributed by atoms with Crippen LogP contribution in [-0.4, -0.2) is 20.6 Å². The van der Waals surface area contributed by atoms with Gasteiger partial charge in [-0.1, -0.05) is 6.07 Å². The Morgan fingerprint density at radius 3 is 3.00 bits per heavy atom. The molecule has 0 spiro atoms. The van der Waals surface area contributed by atoms with E-state index in [1.54, 1.807) is 18.3 Å². The molecular weight excluding hydrogens is 240 g/mol. The van der Waals surface area contributed by atoms with Crippen molar-refractivity contribution < 1.29 is 9.90 Å². The summed E-state index contributed by atoms with van der Waals surface area (Å²) in [6.07, 6.45) is 3.65. The zero-order chi connectivity index (χ0) is 13.0. The smallest absolute Gasteiger partial charge is 0.335 e. The Labute approximate surface area is 108 Å². The standard InChI is InChI=1S/C15H10N2O2/c18-15(19)10-2-1-9-5-14-12-7-16-4-3-11(12)8-17(14)13(9)6-10/h1-7H,8H2,(H,18,19). The summed E-state index contributed by atoms with van der Waals surface area (Å²) < 4.78 is 2.15. The highest BCUT2D eigenvalue weighted by atomic mass is 16.4. The van der Waals surface area contributed by atoms with Crippen molar-refractivity contribution in [3.8, 4) is 11.3 Å². The summed E-state index contributed by atoms with van der Waals surface area (Å²) in [4.78, 5) is 15.2. The van der Waals surface area contributed by atoms with Gasteiger partial charge in [-0.3, -0.25) is 4.98 Å². The van der Waals surface area contributed by atoms with Crippen LogP contribution < -0.4 is 0 Å². The molecule has 19 heavy (non-hydrogen) atoms. The number of hydrogen-bond donors (Lipinski definition) is 1. The van der Waals surface area contributed by atoms with Gasteiger partial charge in [0.05, 0.1) is 11.3 Å². The number of carboxylic acids is 1. The van der Waals surface area contributed by atoms with Crippen molar-refractivity contribution in [2.24, 2.45) is 0 Å². The Morgan fingerprint density at radius 2 is 2.16 bits per heavy atom. The fraction of sp³-hybridized carbons (Fsp3) is 0.0667. The van der Waals surface area contributed by atoms with E-state index in [1.165, 1.54) is 5.56 Å². The average Bonchev–Trinajstić information content (AvgIpc) is 2.94. The minimum Gasteiger partial charge on any atom is -0.478 e. The number of benzene rings is 1. The molecule has 0 aliphatic carbocycles. The van der Waals surface area contributed by atoms with Gasteiger partial charge in [0.25, 0.3) is 0 Å². The zero-order valence-electron chi connectivity index (χ0n) is 10.00. The summed E-state index contributed by atoms with van der Waals surface area (Å²) in [7, 11) is 0. The van der Waals surface area contributed by atoms with Crippen LogP contribution in [0.2, 0.25) is 0 Å². The number of carboxylic acid groups (broad SMARTS) is 1. The number of pyridine rings is 1. The Hall–Kier alpha value is -2.62.